The van der Waals surface area contributed by atoms with Gasteiger partial charge in [-0.05, 0) is 58.4 Å². The zero-order valence-corrected chi connectivity index (χ0v) is 21.1. The van der Waals surface area contributed by atoms with Crippen LogP contribution in [0.25, 0.3) is 16.8 Å². The van der Waals surface area contributed by atoms with E-state index in [2.05, 4.69) is 25.7 Å². The van der Waals surface area contributed by atoms with Gasteiger partial charge in [0.15, 0.2) is 17.4 Å². The smallest absolute Gasteiger partial charge is 0.410 e. The molecule has 4 aromatic rings. The van der Waals surface area contributed by atoms with E-state index in [1.54, 1.807) is 20.3 Å². The molecule has 1 amide bonds. The lowest BCUT2D eigenvalue weighted by atomic mass is 10.1. The van der Waals surface area contributed by atoms with Crippen molar-refractivity contribution in [3.8, 4) is 17.0 Å². The topological polar surface area (TPSA) is 112 Å². The number of pyridine rings is 1. The van der Waals surface area contributed by atoms with Crippen LogP contribution in [0.5, 0.6) is 5.75 Å². The highest BCUT2D eigenvalue weighted by Crippen LogP contribution is 2.32. The average Bonchev–Trinajstić information content (AvgIpc) is 3.35. The number of carbonyl (C=O) groups is 1. The van der Waals surface area contributed by atoms with Crippen LogP contribution in [0.15, 0.2) is 42.7 Å². The summed E-state index contributed by atoms with van der Waals surface area (Å²) in [7, 11) is 1.88. The summed E-state index contributed by atoms with van der Waals surface area (Å²) >= 11 is 0. The Labute approximate surface area is 209 Å². The number of hydrogen-bond acceptors (Lipinski definition) is 8. The maximum atomic E-state index is 12.4. The fourth-order valence-electron chi connectivity index (χ4n) is 4.01. The summed E-state index contributed by atoms with van der Waals surface area (Å²) in [6, 6.07) is 9.67. The van der Waals surface area contributed by atoms with Gasteiger partial charge in [-0.2, -0.15) is 15.3 Å². The molecule has 0 unspecified atom stereocenters. The van der Waals surface area contributed by atoms with Crippen LogP contribution in [0.4, 0.5) is 16.4 Å². The maximum absolute atomic E-state index is 12.4. The minimum Gasteiger partial charge on any atom is -0.487 e. The number of ether oxygens (including phenoxy) is 2. The molecular formula is C25H30N8O3. The number of rotatable bonds is 6. The number of amides is 1. The van der Waals surface area contributed by atoms with Gasteiger partial charge >= 0.3 is 6.09 Å². The first-order valence-corrected chi connectivity index (χ1v) is 11.9. The quantitative estimate of drug-likeness (QED) is 0.432. The second kappa shape index (κ2) is 9.14. The van der Waals surface area contributed by atoms with Crippen molar-refractivity contribution < 1.29 is 14.3 Å². The third-order valence-corrected chi connectivity index (χ3v) is 5.90. The molecule has 1 N–H and O–H groups in total. The van der Waals surface area contributed by atoms with Gasteiger partial charge in [-0.15, -0.1) is 5.10 Å². The summed E-state index contributed by atoms with van der Waals surface area (Å²) in [4.78, 5) is 14.1. The van der Waals surface area contributed by atoms with Gasteiger partial charge in [0, 0.05) is 31.4 Å². The van der Waals surface area contributed by atoms with E-state index in [1.165, 1.54) is 0 Å². The van der Waals surface area contributed by atoms with Gasteiger partial charge in [0.1, 0.15) is 17.9 Å². The minimum atomic E-state index is -0.524. The molecule has 1 fully saturated rings. The molecule has 0 saturated carbocycles. The average molecular weight is 491 g/mol. The molecule has 1 atom stereocenters. The first-order valence-electron chi connectivity index (χ1n) is 11.9. The van der Waals surface area contributed by atoms with E-state index in [4.69, 9.17) is 9.47 Å². The van der Waals surface area contributed by atoms with E-state index in [9.17, 15) is 4.79 Å². The Kier molecular flexibility index (Phi) is 5.99. The Bertz CT molecular complexity index is 1390. The van der Waals surface area contributed by atoms with Gasteiger partial charge in [-0.25, -0.2) is 9.31 Å². The van der Waals surface area contributed by atoms with Crippen LogP contribution in [0.2, 0.25) is 0 Å². The molecule has 4 aromatic heterocycles. The van der Waals surface area contributed by atoms with Crippen LogP contribution in [0.3, 0.4) is 0 Å². The molecular weight excluding hydrogens is 460 g/mol. The minimum absolute atomic E-state index is 0.0243. The molecule has 1 saturated heterocycles. The van der Waals surface area contributed by atoms with Gasteiger partial charge < -0.3 is 19.7 Å². The van der Waals surface area contributed by atoms with Crippen molar-refractivity contribution in [2.24, 2.45) is 7.05 Å². The second-order valence-electron chi connectivity index (χ2n) is 9.91. The molecule has 11 nitrogen and oxygen atoms in total. The van der Waals surface area contributed by atoms with Crippen LogP contribution in [-0.4, -0.2) is 65.4 Å². The number of nitrogens with one attached hydrogen (secondary N) is 1. The van der Waals surface area contributed by atoms with E-state index >= 15 is 0 Å². The number of nitrogens with zero attached hydrogens (tertiary/aromatic N) is 7. The zero-order valence-electron chi connectivity index (χ0n) is 21.1. The van der Waals surface area contributed by atoms with Gasteiger partial charge in [0.05, 0.1) is 23.4 Å². The highest BCUT2D eigenvalue weighted by molar-refractivity contribution is 5.73. The van der Waals surface area contributed by atoms with Crippen LogP contribution >= 0.6 is 0 Å². The number of aryl methyl sites for hydroxylation is 2. The number of likely N-dealkylation sites (tertiary alicyclic amines) is 1. The summed E-state index contributed by atoms with van der Waals surface area (Å²) in [6.45, 7) is 8.54. The van der Waals surface area contributed by atoms with Crippen molar-refractivity contribution in [1.29, 1.82) is 0 Å². The van der Waals surface area contributed by atoms with Gasteiger partial charge in [-0.3, -0.25) is 4.68 Å². The first-order chi connectivity index (χ1) is 17.2. The van der Waals surface area contributed by atoms with E-state index in [0.717, 1.165) is 28.9 Å². The van der Waals surface area contributed by atoms with Crippen LogP contribution in [-0.2, 0) is 11.8 Å². The molecule has 0 aromatic carbocycles. The monoisotopic (exact) mass is 490 g/mol. The standard InChI is InChI=1S/C25H30N8O3/c1-16-6-7-21(29-28-16)27-22-13-19-12-17(8-11-33(19)30-22)23-20(14-26-31(23)5)35-15-18-9-10-32(18)24(34)36-25(2,3)4/h6-8,11-14,18H,9-10,15H2,1-5H3,(H,27,29,30)/t18-/m1/s1. The van der Waals surface area contributed by atoms with Gasteiger partial charge in [0.2, 0.25) is 0 Å². The fraction of sp³-hybridized carbons (Fsp3) is 0.400. The van der Waals surface area contributed by atoms with E-state index < -0.39 is 5.60 Å². The number of anilines is 2. The molecule has 1 aliphatic rings. The number of carbonyl (C=O) groups excluding carboxylic acids is 1. The van der Waals surface area contributed by atoms with Crippen LogP contribution in [0, 0.1) is 6.92 Å². The molecule has 0 aliphatic carbocycles. The van der Waals surface area contributed by atoms with Crippen LogP contribution in [0.1, 0.15) is 32.9 Å². The predicted molar refractivity (Wildman–Crippen MR) is 134 cm³/mol. The summed E-state index contributed by atoms with van der Waals surface area (Å²) in [5.74, 6) is 1.95. The molecule has 0 bridgehead atoms. The third kappa shape index (κ3) is 4.95. The molecule has 188 valence electrons. The largest absolute Gasteiger partial charge is 0.487 e. The van der Waals surface area contributed by atoms with Gasteiger partial charge in [0.25, 0.3) is 0 Å². The molecule has 0 spiro atoms. The molecule has 0 radical (unpaired) electrons. The van der Waals surface area contributed by atoms with Crippen molar-refractivity contribution in [3.05, 3.63) is 48.4 Å². The summed E-state index contributed by atoms with van der Waals surface area (Å²) in [5, 5.41) is 20.3. The zero-order chi connectivity index (χ0) is 25.4. The van der Waals surface area contributed by atoms with E-state index in [-0.39, 0.29) is 12.1 Å². The van der Waals surface area contributed by atoms with Crippen LogP contribution < -0.4 is 10.1 Å². The SMILES string of the molecule is Cc1ccc(Nc2cc3cc(-c4c(OC[C@H]5CCN5C(=O)OC(C)(C)C)cnn4C)ccn3n2)nn1. The third-order valence-electron chi connectivity index (χ3n) is 5.90. The Morgan fingerprint density at radius 2 is 2.00 bits per heavy atom. The number of aromatic nitrogens is 6. The van der Waals surface area contributed by atoms with Crippen molar-refractivity contribution in [2.75, 3.05) is 18.5 Å². The maximum Gasteiger partial charge on any atom is 0.410 e. The summed E-state index contributed by atoms with van der Waals surface area (Å²) in [6.07, 6.45) is 4.16. The van der Waals surface area contributed by atoms with Crippen molar-refractivity contribution >= 4 is 23.2 Å². The second-order valence-corrected chi connectivity index (χ2v) is 9.91. The highest BCUT2D eigenvalue weighted by atomic mass is 16.6. The lowest BCUT2D eigenvalue weighted by Gasteiger charge is -2.40. The molecule has 1 aliphatic heterocycles. The lowest BCUT2D eigenvalue weighted by molar-refractivity contribution is -0.0141. The lowest BCUT2D eigenvalue weighted by Crippen LogP contribution is -2.55. The fourth-order valence-corrected chi connectivity index (χ4v) is 4.01. The summed E-state index contributed by atoms with van der Waals surface area (Å²) in [5.41, 5.74) is 3.02. The van der Waals surface area contributed by atoms with Crippen molar-refractivity contribution in [1.82, 2.24) is 34.5 Å². The summed E-state index contributed by atoms with van der Waals surface area (Å²) < 4.78 is 15.2. The van der Waals surface area contributed by atoms with E-state index in [1.807, 2.05) is 71.3 Å². The first kappa shape index (κ1) is 23.6. The van der Waals surface area contributed by atoms with Crippen molar-refractivity contribution in [3.63, 3.8) is 0 Å². The molecule has 5 rings (SSSR count). The predicted octanol–water partition coefficient (Wildman–Crippen LogP) is 3.97. The number of fused-ring (bicyclic) bond motifs is 1. The highest BCUT2D eigenvalue weighted by Gasteiger charge is 2.36. The molecule has 11 heteroatoms. The Balaban J connectivity index is 1.30. The van der Waals surface area contributed by atoms with Crippen molar-refractivity contribution in [2.45, 2.75) is 45.8 Å². The normalized spacial score (nSPS) is 15.6. The number of hydrogen-bond donors (Lipinski definition) is 1. The Hall–Kier alpha value is -4.15. The molecule has 5 heterocycles. The Morgan fingerprint density at radius 3 is 2.69 bits per heavy atom. The van der Waals surface area contributed by atoms with E-state index in [0.29, 0.717) is 30.5 Å². The molecule has 36 heavy (non-hydrogen) atoms. The van der Waals surface area contributed by atoms with Gasteiger partial charge in [-0.1, -0.05) is 0 Å². The Morgan fingerprint density at radius 1 is 1.17 bits per heavy atom.